The third kappa shape index (κ3) is 4.22. The summed E-state index contributed by atoms with van der Waals surface area (Å²) in [5, 5.41) is 6.49. The molecule has 1 N–H and O–H groups in total. The summed E-state index contributed by atoms with van der Waals surface area (Å²) in [5.74, 6) is -1.72. The molecule has 0 saturated heterocycles. The lowest BCUT2D eigenvalue weighted by molar-refractivity contribution is 0.0938. The molecule has 1 aromatic heterocycles. The Hall–Kier alpha value is -3.55. The lowest BCUT2D eigenvalue weighted by Crippen LogP contribution is -2.34. The highest BCUT2D eigenvalue weighted by Gasteiger charge is 2.16. The first-order chi connectivity index (χ1) is 13.5. The summed E-state index contributed by atoms with van der Waals surface area (Å²) in [6.07, 6.45) is 0. The Morgan fingerprint density at radius 2 is 1.79 bits per heavy atom. The predicted octanol–water partition coefficient (Wildman–Crippen LogP) is 2.63. The van der Waals surface area contributed by atoms with Crippen LogP contribution in [0.3, 0.4) is 0 Å². The molecule has 0 bridgehead atoms. The maximum atomic E-state index is 14.0. The lowest BCUT2D eigenvalue weighted by Gasteiger charge is -2.12. The van der Waals surface area contributed by atoms with Crippen molar-refractivity contribution in [1.29, 1.82) is 0 Å². The van der Waals surface area contributed by atoms with Gasteiger partial charge in [0.25, 0.3) is 5.91 Å². The molecule has 8 heteroatoms. The summed E-state index contributed by atoms with van der Waals surface area (Å²) in [4.78, 5) is 24.5. The van der Waals surface area contributed by atoms with Gasteiger partial charge in [-0.15, -0.1) is 0 Å². The first-order valence-electron chi connectivity index (χ1n) is 8.49. The fraction of sp³-hybridized carbons (Fsp3) is 0.150. The van der Waals surface area contributed by atoms with Gasteiger partial charge in [-0.1, -0.05) is 24.3 Å². The van der Waals surface area contributed by atoms with Crippen LogP contribution in [0.4, 0.5) is 8.78 Å². The van der Waals surface area contributed by atoms with Crippen LogP contribution in [-0.2, 0) is 0 Å². The molecular weight excluding hydrogens is 368 g/mol. The molecule has 0 unspecified atom stereocenters. The van der Waals surface area contributed by atoms with Gasteiger partial charge in [0.15, 0.2) is 17.3 Å². The van der Waals surface area contributed by atoms with Gasteiger partial charge in [-0.05, 0) is 31.2 Å². The van der Waals surface area contributed by atoms with E-state index in [4.69, 9.17) is 4.74 Å². The van der Waals surface area contributed by atoms with Crippen molar-refractivity contribution >= 4 is 5.91 Å². The molecule has 2 aromatic carbocycles. The molecule has 0 fully saturated rings. The van der Waals surface area contributed by atoms with E-state index in [9.17, 15) is 18.4 Å². The molecule has 28 heavy (non-hydrogen) atoms. The number of aryl methyl sites for hydroxylation is 1. The summed E-state index contributed by atoms with van der Waals surface area (Å²) in [7, 11) is 0. The molecular formula is C20H17F2N3O3. The number of nitrogens with one attached hydrogen (secondary N) is 1. The van der Waals surface area contributed by atoms with Crippen molar-refractivity contribution in [2.45, 2.75) is 6.92 Å². The molecule has 0 aliphatic rings. The van der Waals surface area contributed by atoms with Crippen molar-refractivity contribution < 1.29 is 18.3 Å². The normalized spacial score (nSPS) is 10.5. The van der Waals surface area contributed by atoms with Crippen LogP contribution in [0.25, 0.3) is 5.69 Å². The van der Waals surface area contributed by atoms with Gasteiger partial charge in [0.1, 0.15) is 18.1 Å². The molecule has 0 atom stereocenters. The highest BCUT2D eigenvalue weighted by atomic mass is 19.1. The van der Waals surface area contributed by atoms with Crippen molar-refractivity contribution in [3.8, 4) is 11.4 Å². The topological polar surface area (TPSA) is 73.2 Å². The molecule has 0 spiro atoms. The van der Waals surface area contributed by atoms with Crippen molar-refractivity contribution in [1.82, 2.24) is 15.1 Å². The molecule has 3 rings (SSSR count). The van der Waals surface area contributed by atoms with E-state index in [1.54, 1.807) is 19.1 Å². The van der Waals surface area contributed by atoms with E-state index in [-0.39, 0.29) is 30.3 Å². The minimum atomic E-state index is -0.729. The Balaban J connectivity index is 1.71. The van der Waals surface area contributed by atoms with E-state index in [1.807, 2.05) is 0 Å². The van der Waals surface area contributed by atoms with Gasteiger partial charge in [0, 0.05) is 11.8 Å². The Bertz CT molecular complexity index is 1070. The minimum absolute atomic E-state index is 0.0000383. The van der Waals surface area contributed by atoms with Gasteiger partial charge in [0.05, 0.1) is 6.54 Å². The number of halogens is 2. The molecule has 1 heterocycles. The van der Waals surface area contributed by atoms with E-state index in [0.717, 1.165) is 0 Å². The van der Waals surface area contributed by atoms with Gasteiger partial charge >= 0.3 is 0 Å². The summed E-state index contributed by atoms with van der Waals surface area (Å²) in [6.45, 7) is 1.62. The standard InChI is InChI=1S/C20H17F2N3O3/c1-13-12-17(26)19(24-25(13)16-8-4-2-6-14(16)21)20(27)23-10-11-28-18-9-5-3-7-15(18)22/h2-9,12H,10-11H2,1H3,(H,23,27). The van der Waals surface area contributed by atoms with Gasteiger partial charge in [0.2, 0.25) is 5.43 Å². The first-order valence-corrected chi connectivity index (χ1v) is 8.49. The molecule has 0 radical (unpaired) electrons. The third-order valence-corrected chi connectivity index (χ3v) is 3.89. The van der Waals surface area contributed by atoms with Crippen LogP contribution in [0.15, 0.2) is 59.4 Å². The number of rotatable bonds is 6. The predicted molar refractivity (Wildman–Crippen MR) is 98.8 cm³/mol. The number of ether oxygens (including phenoxy) is 1. The van der Waals surface area contributed by atoms with E-state index >= 15 is 0 Å². The maximum absolute atomic E-state index is 14.0. The van der Waals surface area contributed by atoms with Crippen LogP contribution in [-0.4, -0.2) is 28.8 Å². The number of hydrogen-bond acceptors (Lipinski definition) is 4. The van der Waals surface area contributed by atoms with Gasteiger partial charge in [-0.25, -0.2) is 13.5 Å². The van der Waals surface area contributed by atoms with Crippen LogP contribution >= 0.6 is 0 Å². The Labute approximate surface area is 159 Å². The molecule has 1 amide bonds. The smallest absolute Gasteiger partial charge is 0.275 e. The largest absolute Gasteiger partial charge is 0.489 e. The number of nitrogens with zero attached hydrogens (tertiary/aromatic N) is 2. The average molecular weight is 385 g/mol. The molecule has 3 aromatic rings. The fourth-order valence-corrected chi connectivity index (χ4v) is 2.54. The Morgan fingerprint density at radius 1 is 1.11 bits per heavy atom. The van der Waals surface area contributed by atoms with Crippen LogP contribution in [0.2, 0.25) is 0 Å². The van der Waals surface area contributed by atoms with Crippen molar-refractivity contribution in [3.63, 3.8) is 0 Å². The number of aromatic nitrogens is 2. The second kappa shape index (κ2) is 8.43. The summed E-state index contributed by atoms with van der Waals surface area (Å²) < 4.78 is 34.0. The third-order valence-electron chi connectivity index (χ3n) is 3.89. The average Bonchev–Trinajstić information content (AvgIpc) is 2.67. The quantitative estimate of drug-likeness (QED) is 0.662. The monoisotopic (exact) mass is 385 g/mol. The SMILES string of the molecule is Cc1cc(=O)c(C(=O)NCCOc2ccccc2F)nn1-c1ccccc1F. The van der Waals surface area contributed by atoms with Crippen LogP contribution < -0.4 is 15.5 Å². The van der Waals surface area contributed by atoms with Gasteiger partial charge in [-0.2, -0.15) is 5.10 Å². The van der Waals surface area contributed by atoms with E-state index < -0.39 is 23.0 Å². The van der Waals surface area contributed by atoms with Crippen molar-refractivity contribution in [2.75, 3.05) is 13.2 Å². The van der Waals surface area contributed by atoms with E-state index in [1.165, 1.54) is 47.1 Å². The minimum Gasteiger partial charge on any atom is -0.489 e. The van der Waals surface area contributed by atoms with Gasteiger partial charge < -0.3 is 10.1 Å². The number of para-hydroxylation sites is 2. The zero-order chi connectivity index (χ0) is 20.1. The molecule has 0 aliphatic carbocycles. The summed E-state index contributed by atoms with van der Waals surface area (Å²) in [6, 6.07) is 13.0. The highest BCUT2D eigenvalue weighted by Crippen LogP contribution is 2.15. The van der Waals surface area contributed by atoms with Crippen molar-refractivity contribution in [2.24, 2.45) is 0 Å². The Morgan fingerprint density at radius 3 is 2.50 bits per heavy atom. The van der Waals surface area contributed by atoms with Gasteiger partial charge in [-0.3, -0.25) is 9.59 Å². The number of benzene rings is 2. The maximum Gasteiger partial charge on any atom is 0.275 e. The Kier molecular flexibility index (Phi) is 5.78. The lowest BCUT2D eigenvalue weighted by atomic mass is 10.2. The zero-order valence-electron chi connectivity index (χ0n) is 15.0. The molecule has 0 saturated carbocycles. The second-order valence-corrected chi connectivity index (χ2v) is 5.90. The number of carbonyl (C=O) groups excluding carboxylic acids is 1. The van der Waals surface area contributed by atoms with E-state index in [2.05, 4.69) is 10.4 Å². The van der Waals surface area contributed by atoms with Crippen LogP contribution in [0, 0.1) is 18.6 Å². The second-order valence-electron chi connectivity index (χ2n) is 5.90. The molecule has 6 nitrogen and oxygen atoms in total. The molecule has 0 aliphatic heterocycles. The zero-order valence-corrected chi connectivity index (χ0v) is 15.0. The highest BCUT2D eigenvalue weighted by molar-refractivity contribution is 5.92. The van der Waals surface area contributed by atoms with E-state index in [0.29, 0.717) is 5.69 Å². The number of carbonyl (C=O) groups is 1. The summed E-state index contributed by atoms with van der Waals surface area (Å²) in [5.41, 5.74) is -0.455. The number of amides is 1. The van der Waals surface area contributed by atoms with Crippen LogP contribution in [0.1, 0.15) is 16.2 Å². The fourth-order valence-electron chi connectivity index (χ4n) is 2.54. The van der Waals surface area contributed by atoms with Crippen molar-refractivity contribution in [3.05, 3.63) is 87.8 Å². The molecule has 144 valence electrons. The van der Waals surface area contributed by atoms with Crippen LogP contribution in [0.5, 0.6) is 5.75 Å². The first kappa shape index (κ1) is 19.2. The summed E-state index contributed by atoms with van der Waals surface area (Å²) >= 11 is 0. The number of hydrogen-bond donors (Lipinski definition) is 1.